The molecular formula is C11H19N3O3. The zero-order chi connectivity index (χ0) is 12.7. The quantitative estimate of drug-likeness (QED) is 0.577. The van der Waals surface area contributed by atoms with Gasteiger partial charge in [0.2, 0.25) is 5.91 Å². The standard InChI is InChI=1S/C11H19N3O3/c1-2-5-12-11(17)13-10(16)8-14-6-3-4-9(15)7-14/h2,9,15H,1,3-8H2,(H2,12,13,16,17)/t9-/m0/s1. The third-order valence-corrected chi connectivity index (χ3v) is 2.51. The highest BCUT2D eigenvalue weighted by Crippen LogP contribution is 2.08. The van der Waals surface area contributed by atoms with E-state index >= 15 is 0 Å². The van der Waals surface area contributed by atoms with Gasteiger partial charge in [0.25, 0.3) is 0 Å². The van der Waals surface area contributed by atoms with Crippen LogP contribution in [0.4, 0.5) is 4.79 Å². The lowest BCUT2D eigenvalue weighted by atomic mass is 10.1. The normalized spacial score (nSPS) is 20.6. The molecule has 6 nitrogen and oxygen atoms in total. The van der Waals surface area contributed by atoms with E-state index in [4.69, 9.17) is 0 Å². The van der Waals surface area contributed by atoms with Gasteiger partial charge in [-0.25, -0.2) is 4.79 Å². The summed E-state index contributed by atoms with van der Waals surface area (Å²) in [6.07, 6.45) is 2.81. The third-order valence-electron chi connectivity index (χ3n) is 2.51. The Morgan fingerprint density at radius 1 is 1.53 bits per heavy atom. The number of β-amino-alcohol motifs (C(OH)–C–C–N with tert-alkyl or cyclic N) is 1. The Kier molecular flexibility index (Phi) is 5.65. The van der Waals surface area contributed by atoms with Crippen molar-refractivity contribution in [1.29, 1.82) is 0 Å². The fourth-order valence-electron chi connectivity index (χ4n) is 1.75. The smallest absolute Gasteiger partial charge is 0.321 e. The van der Waals surface area contributed by atoms with Crippen molar-refractivity contribution in [2.75, 3.05) is 26.2 Å². The van der Waals surface area contributed by atoms with Crippen LogP contribution in [-0.2, 0) is 4.79 Å². The fourth-order valence-corrected chi connectivity index (χ4v) is 1.75. The SMILES string of the molecule is C=CCNC(=O)NC(=O)CN1CCC[C@H](O)C1. The molecule has 1 atom stereocenters. The first kappa shape index (κ1) is 13.7. The lowest BCUT2D eigenvalue weighted by Crippen LogP contribution is -2.47. The molecule has 0 aromatic carbocycles. The van der Waals surface area contributed by atoms with E-state index in [0.29, 0.717) is 13.1 Å². The average molecular weight is 241 g/mol. The van der Waals surface area contributed by atoms with E-state index in [1.54, 1.807) is 0 Å². The van der Waals surface area contributed by atoms with Crippen LogP contribution in [-0.4, -0.2) is 54.2 Å². The highest BCUT2D eigenvalue weighted by molar-refractivity contribution is 5.95. The molecule has 0 aromatic rings. The van der Waals surface area contributed by atoms with Gasteiger partial charge in [0.05, 0.1) is 12.6 Å². The summed E-state index contributed by atoms with van der Waals surface area (Å²) in [7, 11) is 0. The molecule has 0 unspecified atom stereocenters. The molecule has 3 amide bonds. The molecule has 1 saturated heterocycles. The van der Waals surface area contributed by atoms with Crippen LogP contribution < -0.4 is 10.6 Å². The number of likely N-dealkylation sites (tertiary alicyclic amines) is 1. The molecule has 0 spiro atoms. The predicted molar refractivity (Wildman–Crippen MR) is 63.4 cm³/mol. The topological polar surface area (TPSA) is 81.7 Å². The highest BCUT2D eigenvalue weighted by Gasteiger charge is 2.20. The summed E-state index contributed by atoms with van der Waals surface area (Å²) in [6.45, 7) is 5.17. The summed E-state index contributed by atoms with van der Waals surface area (Å²) < 4.78 is 0. The number of carbonyl (C=O) groups excluding carboxylic acids is 2. The third kappa shape index (κ3) is 5.46. The van der Waals surface area contributed by atoms with Crippen LogP contribution in [0, 0.1) is 0 Å². The minimum Gasteiger partial charge on any atom is -0.392 e. The molecule has 1 aliphatic rings. The molecule has 1 fully saturated rings. The average Bonchev–Trinajstić information content (AvgIpc) is 2.26. The number of nitrogens with zero attached hydrogens (tertiary/aromatic N) is 1. The Morgan fingerprint density at radius 3 is 2.94 bits per heavy atom. The van der Waals surface area contributed by atoms with Gasteiger partial charge in [-0.1, -0.05) is 6.08 Å². The second kappa shape index (κ2) is 7.03. The van der Waals surface area contributed by atoms with Crippen molar-refractivity contribution < 1.29 is 14.7 Å². The molecule has 0 radical (unpaired) electrons. The maximum atomic E-state index is 11.5. The first-order valence-electron chi connectivity index (χ1n) is 5.71. The van der Waals surface area contributed by atoms with Gasteiger partial charge in [-0.3, -0.25) is 15.0 Å². The van der Waals surface area contributed by atoms with Gasteiger partial charge >= 0.3 is 6.03 Å². The number of imide groups is 1. The van der Waals surface area contributed by atoms with Gasteiger partial charge < -0.3 is 10.4 Å². The van der Waals surface area contributed by atoms with Crippen molar-refractivity contribution in [3.63, 3.8) is 0 Å². The van der Waals surface area contributed by atoms with Crippen LogP contribution in [0.15, 0.2) is 12.7 Å². The van der Waals surface area contributed by atoms with Crippen LogP contribution >= 0.6 is 0 Å². The van der Waals surface area contributed by atoms with Crippen molar-refractivity contribution in [2.24, 2.45) is 0 Å². The number of rotatable bonds is 4. The van der Waals surface area contributed by atoms with E-state index in [1.165, 1.54) is 6.08 Å². The Bertz CT molecular complexity index is 294. The van der Waals surface area contributed by atoms with Crippen LogP contribution in [0.1, 0.15) is 12.8 Å². The number of aliphatic hydroxyl groups is 1. The monoisotopic (exact) mass is 241 g/mol. The number of piperidine rings is 1. The van der Waals surface area contributed by atoms with E-state index < -0.39 is 6.03 Å². The molecule has 0 saturated carbocycles. The molecule has 1 rings (SSSR count). The summed E-state index contributed by atoms with van der Waals surface area (Å²) in [5.41, 5.74) is 0. The van der Waals surface area contributed by atoms with Crippen molar-refractivity contribution in [3.8, 4) is 0 Å². The van der Waals surface area contributed by atoms with Crippen LogP contribution in [0.5, 0.6) is 0 Å². The molecule has 0 aromatic heterocycles. The van der Waals surface area contributed by atoms with Gasteiger partial charge in [0, 0.05) is 13.1 Å². The van der Waals surface area contributed by atoms with Gasteiger partial charge in [0.15, 0.2) is 0 Å². The zero-order valence-electron chi connectivity index (χ0n) is 9.82. The van der Waals surface area contributed by atoms with Gasteiger partial charge in [0.1, 0.15) is 0 Å². The van der Waals surface area contributed by atoms with Crippen molar-refractivity contribution >= 4 is 11.9 Å². The zero-order valence-corrected chi connectivity index (χ0v) is 9.82. The Labute approximate surface area is 101 Å². The van der Waals surface area contributed by atoms with Gasteiger partial charge in [-0.15, -0.1) is 6.58 Å². The molecule has 1 heterocycles. The highest BCUT2D eigenvalue weighted by atomic mass is 16.3. The van der Waals surface area contributed by atoms with E-state index in [1.807, 2.05) is 4.90 Å². The van der Waals surface area contributed by atoms with Crippen molar-refractivity contribution in [2.45, 2.75) is 18.9 Å². The second-order valence-electron chi connectivity index (χ2n) is 4.08. The number of urea groups is 1. The predicted octanol–water partition coefficient (Wildman–Crippen LogP) is -0.545. The molecule has 0 bridgehead atoms. The van der Waals surface area contributed by atoms with Crippen LogP contribution in [0.3, 0.4) is 0 Å². The summed E-state index contributed by atoms with van der Waals surface area (Å²) in [5.74, 6) is -0.360. The Hall–Kier alpha value is -1.40. The lowest BCUT2D eigenvalue weighted by Gasteiger charge is -2.29. The fraction of sp³-hybridized carbons (Fsp3) is 0.636. The lowest BCUT2D eigenvalue weighted by molar-refractivity contribution is -0.121. The molecule has 1 aliphatic heterocycles. The number of hydrogen-bond acceptors (Lipinski definition) is 4. The Balaban J connectivity index is 2.24. The summed E-state index contributed by atoms with van der Waals surface area (Å²) >= 11 is 0. The largest absolute Gasteiger partial charge is 0.392 e. The Morgan fingerprint density at radius 2 is 2.29 bits per heavy atom. The van der Waals surface area contributed by atoms with Crippen molar-refractivity contribution in [1.82, 2.24) is 15.5 Å². The van der Waals surface area contributed by atoms with Crippen LogP contribution in [0.2, 0.25) is 0 Å². The van der Waals surface area contributed by atoms with E-state index in [2.05, 4.69) is 17.2 Å². The molecule has 17 heavy (non-hydrogen) atoms. The minimum atomic E-state index is -0.521. The van der Waals surface area contributed by atoms with E-state index in [9.17, 15) is 14.7 Å². The first-order valence-corrected chi connectivity index (χ1v) is 5.71. The molecule has 3 N–H and O–H groups in total. The summed E-state index contributed by atoms with van der Waals surface area (Å²) in [6, 6.07) is -0.521. The van der Waals surface area contributed by atoms with Gasteiger partial charge in [-0.05, 0) is 19.4 Å². The second-order valence-corrected chi connectivity index (χ2v) is 4.08. The maximum Gasteiger partial charge on any atom is 0.321 e. The summed E-state index contributed by atoms with van der Waals surface area (Å²) in [4.78, 5) is 24.5. The van der Waals surface area contributed by atoms with Gasteiger partial charge in [-0.2, -0.15) is 0 Å². The number of amides is 3. The number of aliphatic hydroxyl groups excluding tert-OH is 1. The van der Waals surface area contributed by atoms with E-state index in [-0.39, 0.29) is 18.6 Å². The first-order chi connectivity index (χ1) is 8.11. The van der Waals surface area contributed by atoms with E-state index in [0.717, 1.165) is 19.4 Å². The number of carbonyl (C=O) groups is 2. The summed E-state index contributed by atoms with van der Waals surface area (Å²) in [5, 5.41) is 14.1. The van der Waals surface area contributed by atoms with Crippen LogP contribution in [0.25, 0.3) is 0 Å². The molecular weight excluding hydrogens is 222 g/mol. The number of nitrogens with one attached hydrogen (secondary N) is 2. The molecule has 96 valence electrons. The maximum absolute atomic E-state index is 11.5. The number of hydrogen-bond donors (Lipinski definition) is 3. The molecule has 0 aliphatic carbocycles. The minimum absolute atomic E-state index is 0.137. The molecule has 6 heteroatoms. The van der Waals surface area contributed by atoms with Crippen molar-refractivity contribution in [3.05, 3.63) is 12.7 Å².